The Labute approximate surface area is 159 Å². The van der Waals surface area contributed by atoms with Gasteiger partial charge in [-0.2, -0.15) is 0 Å². The van der Waals surface area contributed by atoms with E-state index >= 15 is 0 Å². The molecule has 0 spiro atoms. The zero-order valence-corrected chi connectivity index (χ0v) is 16.3. The highest BCUT2D eigenvalue weighted by molar-refractivity contribution is 5.90. The van der Waals surface area contributed by atoms with E-state index in [0.29, 0.717) is 6.54 Å². The zero-order valence-electron chi connectivity index (χ0n) is 16.3. The van der Waals surface area contributed by atoms with Crippen molar-refractivity contribution >= 4 is 16.8 Å². The van der Waals surface area contributed by atoms with Gasteiger partial charge in [-0.1, -0.05) is 29.8 Å². The number of aryl methyl sites for hydroxylation is 2. The van der Waals surface area contributed by atoms with Crippen LogP contribution >= 0.6 is 0 Å². The number of hydrogen-bond acceptors (Lipinski definition) is 2. The van der Waals surface area contributed by atoms with Crippen molar-refractivity contribution in [1.29, 1.82) is 0 Å². The second-order valence-electron chi connectivity index (χ2n) is 7.29. The maximum Gasteiger partial charge on any atom is 0.224 e. The molecule has 1 aromatic heterocycles. The average molecular weight is 367 g/mol. The lowest BCUT2D eigenvalue weighted by Gasteiger charge is -2.25. The smallest absolute Gasteiger partial charge is 0.224 e. The Bertz CT molecular complexity index is 944. The van der Waals surface area contributed by atoms with Crippen molar-refractivity contribution in [1.82, 2.24) is 15.2 Å². The molecule has 3 rings (SSSR count). The van der Waals surface area contributed by atoms with Crippen LogP contribution in [0.5, 0.6) is 0 Å². The van der Waals surface area contributed by atoms with E-state index in [2.05, 4.69) is 46.4 Å². The molecule has 2 aromatic carbocycles. The van der Waals surface area contributed by atoms with Crippen LogP contribution in [0, 0.1) is 19.7 Å². The normalized spacial score (nSPS) is 12.5. The van der Waals surface area contributed by atoms with E-state index in [1.807, 2.05) is 21.0 Å². The fraction of sp³-hybridized carbons (Fsp3) is 0.318. The third-order valence-corrected chi connectivity index (χ3v) is 5.00. The molecule has 0 aliphatic heterocycles. The van der Waals surface area contributed by atoms with Crippen molar-refractivity contribution in [3.63, 3.8) is 0 Å². The molecule has 5 heteroatoms. The van der Waals surface area contributed by atoms with E-state index in [4.69, 9.17) is 0 Å². The van der Waals surface area contributed by atoms with Crippen LogP contribution in [0.25, 0.3) is 10.9 Å². The zero-order chi connectivity index (χ0) is 19.6. The number of fused-ring (bicyclic) bond motifs is 1. The van der Waals surface area contributed by atoms with Gasteiger partial charge in [-0.25, -0.2) is 4.39 Å². The van der Waals surface area contributed by atoms with E-state index in [9.17, 15) is 9.18 Å². The summed E-state index contributed by atoms with van der Waals surface area (Å²) in [7, 11) is 4.01. The molecule has 2 N–H and O–H groups in total. The second kappa shape index (κ2) is 7.92. The SMILES string of the molecule is Cc1ccc(C(CNC(=O)Cc2c(C)[nH]c3ccc(F)cc23)N(C)C)cc1. The molecular formula is C22H26FN3O. The third kappa shape index (κ3) is 4.37. The van der Waals surface area contributed by atoms with Gasteiger partial charge in [0.2, 0.25) is 5.91 Å². The molecule has 1 atom stereocenters. The van der Waals surface area contributed by atoms with Crippen molar-refractivity contribution in [3.8, 4) is 0 Å². The molecule has 4 nitrogen and oxygen atoms in total. The largest absolute Gasteiger partial charge is 0.358 e. The van der Waals surface area contributed by atoms with E-state index in [1.54, 1.807) is 6.07 Å². The minimum absolute atomic E-state index is 0.0674. The minimum Gasteiger partial charge on any atom is -0.358 e. The molecule has 0 fully saturated rings. The van der Waals surface area contributed by atoms with E-state index in [-0.39, 0.29) is 24.2 Å². The van der Waals surface area contributed by atoms with Crippen LogP contribution in [-0.4, -0.2) is 36.4 Å². The van der Waals surface area contributed by atoms with E-state index in [0.717, 1.165) is 27.7 Å². The van der Waals surface area contributed by atoms with Gasteiger partial charge in [0.25, 0.3) is 0 Å². The van der Waals surface area contributed by atoms with E-state index < -0.39 is 0 Å². The van der Waals surface area contributed by atoms with Gasteiger partial charge >= 0.3 is 0 Å². The number of amides is 1. The molecule has 0 aliphatic carbocycles. The standard InChI is InChI=1S/C22H26FN3O/c1-14-5-7-16(8-6-14)21(26(3)4)13-24-22(27)12-18-15(2)25-20-10-9-17(23)11-19(18)20/h5-11,21,25H,12-13H2,1-4H3,(H,24,27). The molecular weight excluding hydrogens is 341 g/mol. The number of benzene rings is 2. The number of rotatable bonds is 6. The Kier molecular flexibility index (Phi) is 5.61. The highest BCUT2D eigenvalue weighted by Crippen LogP contribution is 2.24. The summed E-state index contributed by atoms with van der Waals surface area (Å²) in [5.74, 6) is -0.363. The van der Waals surface area contributed by atoms with Gasteiger partial charge in [0, 0.05) is 23.1 Å². The number of hydrogen-bond donors (Lipinski definition) is 2. The number of carbonyl (C=O) groups excluding carboxylic acids is 1. The van der Waals surface area contributed by atoms with Gasteiger partial charge in [0.05, 0.1) is 12.5 Å². The third-order valence-electron chi connectivity index (χ3n) is 5.00. The van der Waals surface area contributed by atoms with E-state index in [1.165, 1.54) is 17.7 Å². The summed E-state index contributed by atoms with van der Waals surface area (Å²) in [5.41, 5.74) is 4.97. The number of nitrogens with zero attached hydrogens (tertiary/aromatic N) is 1. The van der Waals surface area contributed by atoms with Crippen LogP contribution in [0.4, 0.5) is 4.39 Å². The number of likely N-dealkylation sites (N-methyl/N-ethyl adjacent to an activating group) is 1. The first-order valence-electron chi connectivity index (χ1n) is 9.11. The number of aromatic nitrogens is 1. The van der Waals surface area contributed by atoms with Crippen LogP contribution < -0.4 is 5.32 Å². The Morgan fingerprint density at radius 3 is 2.52 bits per heavy atom. The highest BCUT2D eigenvalue weighted by Gasteiger charge is 2.17. The van der Waals surface area contributed by atoms with Crippen LogP contribution in [0.3, 0.4) is 0 Å². The van der Waals surface area contributed by atoms with Crippen molar-refractivity contribution < 1.29 is 9.18 Å². The maximum atomic E-state index is 13.6. The molecule has 0 radical (unpaired) electrons. The second-order valence-corrected chi connectivity index (χ2v) is 7.29. The molecule has 27 heavy (non-hydrogen) atoms. The van der Waals surface area contributed by atoms with Gasteiger partial charge in [0.1, 0.15) is 5.82 Å². The first-order valence-corrected chi connectivity index (χ1v) is 9.11. The number of aromatic amines is 1. The molecule has 0 saturated heterocycles. The van der Waals surface area contributed by atoms with Crippen molar-refractivity contribution in [2.45, 2.75) is 26.3 Å². The summed E-state index contributed by atoms with van der Waals surface area (Å²) in [6.07, 6.45) is 0.226. The molecule has 1 amide bonds. The number of halogens is 1. The number of carbonyl (C=O) groups is 1. The van der Waals surface area contributed by atoms with Gasteiger partial charge in [-0.15, -0.1) is 0 Å². The lowest BCUT2D eigenvalue weighted by atomic mass is 10.0. The molecule has 0 bridgehead atoms. The van der Waals surface area contributed by atoms with Crippen LogP contribution in [0.2, 0.25) is 0 Å². The molecule has 1 unspecified atom stereocenters. The van der Waals surface area contributed by atoms with Crippen LogP contribution in [0.15, 0.2) is 42.5 Å². The first-order chi connectivity index (χ1) is 12.8. The Morgan fingerprint density at radius 2 is 1.85 bits per heavy atom. The van der Waals surface area contributed by atoms with Crippen molar-refractivity contribution in [2.75, 3.05) is 20.6 Å². The molecule has 0 aliphatic rings. The molecule has 0 saturated carbocycles. The van der Waals surface area contributed by atoms with Gasteiger partial charge in [0.15, 0.2) is 0 Å². The summed E-state index contributed by atoms with van der Waals surface area (Å²) >= 11 is 0. The van der Waals surface area contributed by atoms with Crippen molar-refractivity contribution in [3.05, 3.63) is 70.7 Å². The lowest BCUT2D eigenvalue weighted by Crippen LogP contribution is -2.35. The number of nitrogens with one attached hydrogen (secondary N) is 2. The summed E-state index contributed by atoms with van der Waals surface area (Å²) in [6, 6.07) is 13.1. The van der Waals surface area contributed by atoms with Crippen LogP contribution in [-0.2, 0) is 11.2 Å². The highest BCUT2D eigenvalue weighted by atomic mass is 19.1. The molecule has 142 valence electrons. The van der Waals surface area contributed by atoms with Gasteiger partial charge < -0.3 is 15.2 Å². The topological polar surface area (TPSA) is 48.1 Å². The predicted molar refractivity (Wildman–Crippen MR) is 107 cm³/mol. The maximum absolute atomic E-state index is 13.6. The van der Waals surface area contributed by atoms with Crippen molar-refractivity contribution in [2.24, 2.45) is 0 Å². The fourth-order valence-corrected chi connectivity index (χ4v) is 3.40. The average Bonchev–Trinajstić information content (AvgIpc) is 2.91. The van der Waals surface area contributed by atoms with Crippen LogP contribution in [0.1, 0.15) is 28.4 Å². The molecule has 1 heterocycles. The Balaban J connectivity index is 1.71. The minimum atomic E-state index is -0.296. The Morgan fingerprint density at radius 1 is 1.15 bits per heavy atom. The summed E-state index contributed by atoms with van der Waals surface area (Å²) in [5, 5.41) is 3.80. The Hall–Kier alpha value is -2.66. The first kappa shape index (κ1) is 19.1. The fourth-order valence-electron chi connectivity index (χ4n) is 3.40. The predicted octanol–water partition coefficient (Wildman–Crippen LogP) is 3.89. The number of H-pyrrole nitrogens is 1. The van der Waals surface area contributed by atoms with Gasteiger partial charge in [-0.3, -0.25) is 4.79 Å². The summed E-state index contributed by atoms with van der Waals surface area (Å²) < 4.78 is 13.6. The quantitative estimate of drug-likeness (QED) is 0.694. The van der Waals surface area contributed by atoms with Gasteiger partial charge in [-0.05, 0) is 57.3 Å². The summed E-state index contributed by atoms with van der Waals surface area (Å²) in [4.78, 5) is 17.9. The monoisotopic (exact) mass is 367 g/mol. The molecule has 3 aromatic rings. The lowest BCUT2D eigenvalue weighted by molar-refractivity contribution is -0.120. The summed E-state index contributed by atoms with van der Waals surface area (Å²) in [6.45, 7) is 4.49.